The van der Waals surface area contributed by atoms with Crippen molar-refractivity contribution in [1.29, 1.82) is 0 Å². The Balaban J connectivity index is 1.21. The Morgan fingerprint density at radius 1 is 1.02 bits per heavy atom. The fourth-order valence-electron chi connectivity index (χ4n) is 7.72. The Morgan fingerprint density at radius 3 is 2.37 bits per heavy atom. The number of hydrogen-bond acceptors (Lipinski definition) is 4. The van der Waals surface area contributed by atoms with Crippen LogP contribution in [0.1, 0.15) is 67.3 Å². The van der Waals surface area contributed by atoms with Crippen molar-refractivity contribution in [2.75, 3.05) is 26.3 Å². The van der Waals surface area contributed by atoms with Crippen LogP contribution < -0.4 is 4.74 Å². The van der Waals surface area contributed by atoms with E-state index in [-0.39, 0.29) is 35.3 Å². The van der Waals surface area contributed by atoms with E-state index in [4.69, 9.17) is 9.47 Å². The largest absolute Gasteiger partial charge is 0.490 e. The molecular weight excluding hydrogens is 538 g/mol. The number of nitrogens with zero attached hydrogens (tertiary/aromatic N) is 1. The number of benzene rings is 2. The number of hydrogen-bond donors (Lipinski definition) is 1. The smallest absolute Gasteiger partial charge is 0.416 e. The molecule has 9 heteroatoms. The number of piperidine rings is 1. The molecule has 2 aromatic carbocycles. The standard InChI is InChI=1S/C32H37F4NO4/c1-17(31(38)39)29(20-4-5-20)21-6-3-19-7-10-27(41-28(19)11-21)30-22-13-37(14-23(30)16-40-15-22)18(2)25-12-24(33)8-9-26(25)32(34,35)36/h3,6,8-9,11-12,17-18,20,22-23,27,29-30H,4-5,7,10,13-16H2,1-2H3,(H,38,39)/t17-,18-,22?,23?,27?,29-,30?/m0/s1. The number of likely N-dealkylation sites (tertiary alicyclic amines) is 1. The van der Waals surface area contributed by atoms with Crippen LogP contribution in [0.25, 0.3) is 0 Å². The SMILES string of the molecule is C[C@H](C(=O)O)[C@H](c1ccc2c(c1)OC(C1C3COCC1CN([C@@H](C)c1cc(F)ccc1C(F)(F)F)C3)CC2)C1CC1. The van der Waals surface area contributed by atoms with Gasteiger partial charge in [0, 0.05) is 36.9 Å². The summed E-state index contributed by atoms with van der Waals surface area (Å²) < 4.78 is 68.0. The zero-order chi connectivity index (χ0) is 29.1. The maximum Gasteiger partial charge on any atom is 0.416 e. The second-order valence-electron chi connectivity index (χ2n) is 12.5. The molecule has 6 rings (SSSR count). The summed E-state index contributed by atoms with van der Waals surface area (Å²) in [6.07, 6.45) is -0.813. The molecule has 222 valence electrons. The van der Waals surface area contributed by atoms with Gasteiger partial charge in [0.2, 0.25) is 0 Å². The van der Waals surface area contributed by atoms with Gasteiger partial charge < -0.3 is 14.6 Å². The van der Waals surface area contributed by atoms with E-state index < -0.39 is 35.5 Å². The van der Waals surface area contributed by atoms with Crippen LogP contribution in [0, 0.1) is 35.4 Å². The number of aryl methyl sites for hydroxylation is 1. The Morgan fingerprint density at radius 2 is 1.73 bits per heavy atom. The highest BCUT2D eigenvalue weighted by Gasteiger charge is 2.48. The lowest BCUT2D eigenvalue weighted by molar-refractivity contribution is -0.142. The van der Waals surface area contributed by atoms with E-state index in [1.165, 1.54) is 0 Å². The van der Waals surface area contributed by atoms with E-state index in [1.54, 1.807) is 13.8 Å². The topological polar surface area (TPSA) is 59.0 Å². The van der Waals surface area contributed by atoms with Crippen molar-refractivity contribution in [3.05, 3.63) is 64.5 Å². The van der Waals surface area contributed by atoms with Crippen LogP contribution in [0.4, 0.5) is 17.6 Å². The number of rotatable bonds is 7. The fraction of sp³-hybridized carbons (Fsp3) is 0.594. The molecule has 3 unspecified atom stereocenters. The number of carbonyl (C=O) groups is 1. The third-order valence-corrected chi connectivity index (χ3v) is 9.95. The Hall–Kier alpha value is -2.65. The van der Waals surface area contributed by atoms with Crippen LogP contribution in [0.3, 0.4) is 0 Å². The average Bonchev–Trinajstić information content (AvgIpc) is 3.76. The van der Waals surface area contributed by atoms with Crippen LogP contribution in [0.15, 0.2) is 36.4 Å². The molecule has 0 spiro atoms. The van der Waals surface area contributed by atoms with Crippen molar-refractivity contribution in [3.63, 3.8) is 0 Å². The molecule has 3 heterocycles. The van der Waals surface area contributed by atoms with Gasteiger partial charge in [-0.1, -0.05) is 19.1 Å². The van der Waals surface area contributed by atoms with Crippen molar-refractivity contribution in [2.24, 2.45) is 29.6 Å². The number of alkyl halides is 3. The van der Waals surface area contributed by atoms with Crippen molar-refractivity contribution in [1.82, 2.24) is 4.90 Å². The van der Waals surface area contributed by atoms with E-state index >= 15 is 0 Å². The van der Waals surface area contributed by atoms with E-state index in [2.05, 4.69) is 18.2 Å². The fourth-order valence-corrected chi connectivity index (χ4v) is 7.72. The molecule has 4 aliphatic rings. The molecule has 0 amide bonds. The summed E-state index contributed by atoms with van der Waals surface area (Å²) in [4.78, 5) is 13.9. The highest BCUT2D eigenvalue weighted by atomic mass is 19.4. The van der Waals surface area contributed by atoms with Gasteiger partial charge in [-0.05, 0) is 85.4 Å². The molecule has 1 saturated carbocycles. The monoisotopic (exact) mass is 575 g/mol. The third kappa shape index (κ3) is 5.59. The van der Waals surface area contributed by atoms with Crippen LogP contribution >= 0.6 is 0 Å². The predicted octanol–water partition coefficient (Wildman–Crippen LogP) is 6.71. The van der Waals surface area contributed by atoms with Crippen molar-refractivity contribution >= 4 is 5.97 Å². The first-order valence-corrected chi connectivity index (χ1v) is 14.7. The first-order chi connectivity index (χ1) is 19.5. The Bertz CT molecular complexity index is 1280. The molecular formula is C32H37F4NO4. The molecule has 41 heavy (non-hydrogen) atoms. The normalized spacial score (nSPS) is 28.7. The average molecular weight is 576 g/mol. The second-order valence-corrected chi connectivity index (χ2v) is 12.5. The maximum atomic E-state index is 14.1. The zero-order valence-corrected chi connectivity index (χ0v) is 23.4. The molecule has 3 aliphatic heterocycles. The summed E-state index contributed by atoms with van der Waals surface area (Å²) >= 11 is 0. The molecule has 2 saturated heterocycles. The van der Waals surface area contributed by atoms with E-state index in [0.29, 0.717) is 32.2 Å². The number of ether oxygens (including phenoxy) is 2. The Labute approximate surface area is 237 Å². The van der Waals surface area contributed by atoms with Crippen LogP contribution in [-0.2, 0) is 22.1 Å². The second kappa shape index (κ2) is 10.9. The van der Waals surface area contributed by atoms with Gasteiger partial charge in [0.15, 0.2) is 0 Å². The lowest BCUT2D eigenvalue weighted by atomic mass is 9.71. The number of aliphatic carboxylic acids is 1. The predicted molar refractivity (Wildman–Crippen MR) is 144 cm³/mol. The van der Waals surface area contributed by atoms with Gasteiger partial charge in [-0.3, -0.25) is 9.69 Å². The highest BCUT2D eigenvalue weighted by molar-refractivity contribution is 5.71. The summed E-state index contributed by atoms with van der Waals surface area (Å²) in [7, 11) is 0. The molecule has 2 aromatic rings. The van der Waals surface area contributed by atoms with E-state index in [9.17, 15) is 27.5 Å². The lowest BCUT2D eigenvalue weighted by Crippen LogP contribution is -2.57. The number of carboxylic acid groups (broad SMARTS) is 1. The molecule has 0 aromatic heterocycles. The van der Waals surface area contributed by atoms with Gasteiger partial charge in [0.05, 0.1) is 24.7 Å². The van der Waals surface area contributed by atoms with Crippen LogP contribution in [0.2, 0.25) is 0 Å². The molecule has 0 radical (unpaired) electrons. The van der Waals surface area contributed by atoms with Crippen molar-refractivity contribution < 1.29 is 36.9 Å². The van der Waals surface area contributed by atoms with Crippen LogP contribution in [-0.4, -0.2) is 48.4 Å². The van der Waals surface area contributed by atoms with Gasteiger partial charge >= 0.3 is 12.1 Å². The molecule has 2 bridgehead atoms. The summed E-state index contributed by atoms with van der Waals surface area (Å²) in [6, 6.07) is 8.32. The zero-order valence-electron chi connectivity index (χ0n) is 23.4. The summed E-state index contributed by atoms with van der Waals surface area (Å²) in [5.74, 6) is -0.411. The Kier molecular flexibility index (Phi) is 7.55. The summed E-state index contributed by atoms with van der Waals surface area (Å²) in [6.45, 7) is 5.61. The van der Waals surface area contributed by atoms with Gasteiger partial charge in [-0.15, -0.1) is 0 Å². The minimum Gasteiger partial charge on any atom is -0.490 e. The number of halogens is 4. The van der Waals surface area contributed by atoms with E-state index in [1.807, 2.05) is 4.90 Å². The minimum absolute atomic E-state index is 0.0360. The van der Waals surface area contributed by atoms with Crippen molar-refractivity contribution in [2.45, 2.75) is 63.8 Å². The molecule has 3 fully saturated rings. The van der Waals surface area contributed by atoms with E-state index in [0.717, 1.165) is 60.8 Å². The summed E-state index contributed by atoms with van der Waals surface area (Å²) in [5.41, 5.74) is 1.32. The van der Waals surface area contributed by atoms with Crippen molar-refractivity contribution in [3.8, 4) is 5.75 Å². The summed E-state index contributed by atoms with van der Waals surface area (Å²) in [5, 5.41) is 9.71. The molecule has 5 nitrogen and oxygen atoms in total. The number of fused-ring (bicyclic) bond motifs is 3. The highest BCUT2D eigenvalue weighted by Crippen LogP contribution is 2.49. The van der Waals surface area contributed by atoms with Gasteiger partial charge in [-0.25, -0.2) is 4.39 Å². The maximum absolute atomic E-state index is 14.1. The van der Waals surface area contributed by atoms with Gasteiger partial charge in [0.25, 0.3) is 0 Å². The quantitative estimate of drug-likeness (QED) is 0.372. The molecule has 1 aliphatic carbocycles. The van der Waals surface area contributed by atoms with Gasteiger partial charge in [0.1, 0.15) is 17.7 Å². The molecule has 1 N–H and O–H groups in total. The number of carboxylic acids is 1. The lowest BCUT2D eigenvalue weighted by Gasteiger charge is -2.51. The van der Waals surface area contributed by atoms with Crippen LogP contribution in [0.5, 0.6) is 5.75 Å². The minimum atomic E-state index is -4.56. The first kappa shape index (κ1) is 28.5. The third-order valence-electron chi connectivity index (χ3n) is 9.95. The molecule has 6 atom stereocenters. The first-order valence-electron chi connectivity index (χ1n) is 14.7. The van der Waals surface area contributed by atoms with Gasteiger partial charge in [-0.2, -0.15) is 13.2 Å².